The molecule has 4 nitrogen and oxygen atoms in total. The molecule has 0 aliphatic heterocycles. The Morgan fingerprint density at radius 1 is 1.27 bits per heavy atom. The van der Waals surface area contributed by atoms with Crippen molar-refractivity contribution in [2.75, 3.05) is 27.9 Å². The molecule has 0 aliphatic rings. The zero-order valence-corrected chi connectivity index (χ0v) is 8.22. The minimum Gasteiger partial charge on any atom is -0.364 e. The minimum atomic E-state index is -2.56. The van der Waals surface area contributed by atoms with Crippen LogP contribution >= 0.6 is 0 Å². The van der Waals surface area contributed by atoms with E-state index in [-0.39, 0.29) is 0 Å². The van der Waals surface area contributed by atoms with E-state index in [2.05, 4.69) is 11.6 Å². The Balaban J connectivity index is 3.93. The third kappa shape index (κ3) is 3.13. The molecule has 5 heteroatoms. The average molecular weight is 177 g/mol. The van der Waals surface area contributed by atoms with Crippen LogP contribution < -0.4 is 4.98 Å². The summed E-state index contributed by atoms with van der Waals surface area (Å²) in [4.78, 5) is 2.99. The molecule has 0 aromatic rings. The van der Waals surface area contributed by atoms with Gasteiger partial charge in [0.2, 0.25) is 0 Å². The summed E-state index contributed by atoms with van der Waals surface area (Å²) in [6.07, 6.45) is 1.72. The van der Waals surface area contributed by atoms with Gasteiger partial charge in [0.25, 0.3) is 0 Å². The van der Waals surface area contributed by atoms with E-state index in [1.807, 2.05) is 0 Å². The molecule has 0 bridgehead atoms. The first-order valence-corrected chi connectivity index (χ1v) is 4.98. The van der Waals surface area contributed by atoms with Crippen molar-refractivity contribution in [3.63, 3.8) is 0 Å². The van der Waals surface area contributed by atoms with E-state index >= 15 is 0 Å². The van der Waals surface area contributed by atoms with E-state index < -0.39 is 8.97 Å². The van der Waals surface area contributed by atoms with Crippen LogP contribution in [0.5, 0.6) is 0 Å². The molecular weight excluding hydrogens is 162 g/mol. The number of hydrogen-bond donors (Lipinski definition) is 1. The fourth-order valence-electron chi connectivity index (χ4n) is 0.664. The van der Waals surface area contributed by atoms with Crippen molar-refractivity contribution < 1.29 is 13.3 Å². The zero-order chi connectivity index (χ0) is 8.74. The zero-order valence-electron chi connectivity index (χ0n) is 7.22. The maximum atomic E-state index is 5.07. The predicted octanol–water partition coefficient (Wildman–Crippen LogP) is 0.137. The molecule has 0 amide bonds. The topological polar surface area (TPSA) is 39.7 Å². The van der Waals surface area contributed by atoms with Crippen molar-refractivity contribution in [2.24, 2.45) is 0 Å². The first-order chi connectivity index (χ1) is 5.24. The molecule has 0 rings (SSSR count). The number of rotatable bonds is 6. The van der Waals surface area contributed by atoms with Crippen molar-refractivity contribution in [2.45, 2.75) is 0 Å². The van der Waals surface area contributed by atoms with E-state index in [0.717, 1.165) is 0 Å². The number of nitrogens with one attached hydrogen (secondary N) is 1. The van der Waals surface area contributed by atoms with E-state index in [1.54, 1.807) is 27.4 Å². The quantitative estimate of drug-likeness (QED) is 0.462. The summed E-state index contributed by atoms with van der Waals surface area (Å²) >= 11 is 0. The van der Waals surface area contributed by atoms with Gasteiger partial charge in [0.05, 0.1) is 0 Å². The van der Waals surface area contributed by atoms with Crippen molar-refractivity contribution >= 4 is 8.97 Å². The smallest absolute Gasteiger partial charge is 0.364 e. The van der Waals surface area contributed by atoms with Crippen LogP contribution in [0.15, 0.2) is 12.7 Å². The van der Waals surface area contributed by atoms with Crippen LogP contribution in [0.2, 0.25) is 0 Å². The van der Waals surface area contributed by atoms with Crippen molar-refractivity contribution in [3.05, 3.63) is 12.7 Å². The SMILES string of the molecule is C=CCN[Si](OC)(OC)OC. The standard InChI is InChI=1S/C6H15NO3Si/c1-5-6-7-11(8-2,9-3)10-4/h5,7H,1,6H2,2-4H3. The molecule has 66 valence electrons. The summed E-state index contributed by atoms with van der Waals surface area (Å²) in [5.74, 6) is 0. The van der Waals surface area contributed by atoms with E-state index in [4.69, 9.17) is 13.3 Å². The van der Waals surface area contributed by atoms with Crippen LogP contribution in [0.25, 0.3) is 0 Å². The summed E-state index contributed by atoms with van der Waals surface area (Å²) in [7, 11) is 2.09. The van der Waals surface area contributed by atoms with E-state index in [0.29, 0.717) is 6.54 Å². The summed E-state index contributed by atoms with van der Waals surface area (Å²) in [6.45, 7) is 4.17. The fourth-order valence-corrected chi connectivity index (χ4v) is 1.99. The highest BCUT2D eigenvalue weighted by atomic mass is 28.4. The molecule has 0 saturated carbocycles. The van der Waals surface area contributed by atoms with Crippen molar-refractivity contribution in [1.29, 1.82) is 0 Å². The third-order valence-corrected chi connectivity index (χ3v) is 3.52. The molecule has 0 unspecified atom stereocenters. The summed E-state index contributed by atoms with van der Waals surface area (Å²) in [6, 6.07) is 0. The first-order valence-electron chi connectivity index (χ1n) is 3.26. The molecule has 1 N–H and O–H groups in total. The predicted molar refractivity (Wildman–Crippen MR) is 45.0 cm³/mol. The Labute approximate surface area is 68.6 Å². The second-order valence-electron chi connectivity index (χ2n) is 1.84. The lowest BCUT2D eigenvalue weighted by atomic mass is 10.7. The second kappa shape index (κ2) is 5.45. The Kier molecular flexibility index (Phi) is 5.35. The maximum Gasteiger partial charge on any atom is 0.596 e. The van der Waals surface area contributed by atoms with Crippen LogP contribution in [-0.2, 0) is 13.3 Å². The monoisotopic (exact) mass is 177 g/mol. The molecular formula is C6H15NO3Si. The molecule has 0 heterocycles. The average Bonchev–Trinajstić information content (AvgIpc) is 2.08. The van der Waals surface area contributed by atoms with Gasteiger partial charge in [0, 0.05) is 27.9 Å². The largest absolute Gasteiger partial charge is 0.596 e. The van der Waals surface area contributed by atoms with Crippen molar-refractivity contribution in [3.8, 4) is 0 Å². The first kappa shape index (κ1) is 10.8. The lowest BCUT2D eigenvalue weighted by molar-refractivity contribution is 0.112. The molecule has 0 aliphatic carbocycles. The Hall–Kier alpha value is -0.203. The van der Waals surface area contributed by atoms with Gasteiger partial charge >= 0.3 is 8.97 Å². The van der Waals surface area contributed by atoms with Crippen LogP contribution in [0.3, 0.4) is 0 Å². The Morgan fingerprint density at radius 3 is 2.00 bits per heavy atom. The lowest BCUT2D eigenvalue weighted by Gasteiger charge is -2.23. The van der Waals surface area contributed by atoms with Gasteiger partial charge in [-0.2, -0.15) is 0 Å². The van der Waals surface area contributed by atoms with Crippen LogP contribution in [0, 0.1) is 0 Å². The van der Waals surface area contributed by atoms with Crippen LogP contribution in [-0.4, -0.2) is 36.8 Å². The molecule has 0 aromatic carbocycles. The minimum absolute atomic E-state index is 0.613. The van der Waals surface area contributed by atoms with Gasteiger partial charge in [-0.25, -0.2) is 0 Å². The second-order valence-corrected chi connectivity index (χ2v) is 4.53. The fraction of sp³-hybridized carbons (Fsp3) is 0.667. The van der Waals surface area contributed by atoms with Gasteiger partial charge in [0.1, 0.15) is 0 Å². The molecule has 0 atom stereocenters. The summed E-state index contributed by atoms with van der Waals surface area (Å²) < 4.78 is 15.2. The molecule has 0 spiro atoms. The van der Waals surface area contributed by atoms with Crippen LogP contribution in [0.4, 0.5) is 0 Å². The van der Waals surface area contributed by atoms with Gasteiger partial charge < -0.3 is 13.3 Å². The summed E-state index contributed by atoms with van der Waals surface area (Å²) in [5.41, 5.74) is 0. The highest BCUT2D eigenvalue weighted by molar-refractivity contribution is 6.57. The highest BCUT2D eigenvalue weighted by Gasteiger charge is 2.37. The Bertz CT molecular complexity index is 108. The molecule has 0 aromatic heterocycles. The maximum absolute atomic E-state index is 5.07. The highest BCUT2D eigenvalue weighted by Crippen LogP contribution is 1.99. The van der Waals surface area contributed by atoms with Crippen molar-refractivity contribution in [1.82, 2.24) is 4.98 Å². The molecule has 0 radical (unpaired) electrons. The Morgan fingerprint density at radius 2 is 1.73 bits per heavy atom. The van der Waals surface area contributed by atoms with E-state index in [1.165, 1.54) is 0 Å². The third-order valence-electron chi connectivity index (χ3n) is 1.27. The van der Waals surface area contributed by atoms with Gasteiger partial charge in [-0.3, -0.25) is 4.98 Å². The summed E-state index contributed by atoms with van der Waals surface area (Å²) in [5, 5.41) is 0. The van der Waals surface area contributed by atoms with Gasteiger partial charge in [-0.1, -0.05) is 6.08 Å². The van der Waals surface area contributed by atoms with Gasteiger partial charge in [0.15, 0.2) is 0 Å². The molecule has 11 heavy (non-hydrogen) atoms. The normalized spacial score (nSPS) is 11.5. The lowest BCUT2D eigenvalue weighted by Crippen LogP contribution is -2.57. The number of hydrogen-bond acceptors (Lipinski definition) is 4. The van der Waals surface area contributed by atoms with E-state index in [9.17, 15) is 0 Å². The molecule has 0 fully saturated rings. The van der Waals surface area contributed by atoms with Crippen LogP contribution in [0.1, 0.15) is 0 Å². The molecule has 0 saturated heterocycles. The van der Waals surface area contributed by atoms with Gasteiger partial charge in [-0.05, 0) is 0 Å². The van der Waals surface area contributed by atoms with Gasteiger partial charge in [-0.15, -0.1) is 6.58 Å².